The second-order valence-corrected chi connectivity index (χ2v) is 4.93. The lowest BCUT2D eigenvalue weighted by Gasteiger charge is -2.17. The number of nitrogens with one attached hydrogen (secondary N) is 2. The van der Waals surface area contributed by atoms with Gasteiger partial charge in [0.25, 0.3) is 5.91 Å². The molecule has 0 radical (unpaired) electrons. The third-order valence-corrected chi connectivity index (χ3v) is 2.33. The Kier molecular flexibility index (Phi) is 5.57. The van der Waals surface area contributed by atoms with Crippen LogP contribution in [0.1, 0.15) is 37.2 Å². The van der Waals surface area contributed by atoms with Crippen molar-refractivity contribution in [2.45, 2.75) is 32.3 Å². The van der Waals surface area contributed by atoms with Crippen molar-refractivity contribution in [3.63, 3.8) is 0 Å². The summed E-state index contributed by atoms with van der Waals surface area (Å²) >= 11 is 0. The molecule has 3 N–H and O–H groups in total. The molecule has 19 heavy (non-hydrogen) atoms. The molecule has 0 spiro atoms. The molecular formula is C13H20N2O4. The number of hydrogen-bond donors (Lipinski definition) is 3. The Hall–Kier alpha value is -1.82. The van der Waals surface area contributed by atoms with Gasteiger partial charge in [-0.25, -0.2) is 0 Å². The van der Waals surface area contributed by atoms with Crippen LogP contribution >= 0.6 is 0 Å². The molecule has 6 nitrogen and oxygen atoms in total. The maximum absolute atomic E-state index is 11.5. The smallest absolute Gasteiger partial charge is 0.286 e. The van der Waals surface area contributed by atoms with Gasteiger partial charge < -0.3 is 20.2 Å². The van der Waals surface area contributed by atoms with Gasteiger partial charge in [-0.3, -0.25) is 9.59 Å². The molecule has 0 atom stereocenters. The van der Waals surface area contributed by atoms with Crippen LogP contribution < -0.4 is 10.6 Å². The molecule has 1 aromatic heterocycles. The average molecular weight is 268 g/mol. The summed E-state index contributed by atoms with van der Waals surface area (Å²) in [6.07, 6.45) is 2.26. The quantitative estimate of drug-likeness (QED) is 0.634. The third-order valence-electron chi connectivity index (χ3n) is 2.33. The van der Waals surface area contributed by atoms with Gasteiger partial charge in [-0.1, -0.05) is 0 Å². The molecular weight excluding hydrogens is 248 g/mol. The molecule has 1 heterocycles. The van der Waals surface area contributed by atoms with Gasteiger partial charge in [0, 0.05) is 19.5 Å². The van der Waals surface area contributed by atoms with Crippen LogP contribution in [0.5, 0.6) is 0 Å². The fourth-order valence-corrected chi connectivity index (χ4v) is 1.35. The summed E-state index contributed by atoms with van der Waals surface area (Å²) in [5.74, 6) is -0.178. The van der Waals surface area contributed by atoms with Crippen molar-refractivity contribution in [3.8, 4) is 0 Å². The molecule has 0 saturated heterocycles. The molecule has 1 aromatic rings. The topological polar surface area (TPSA) is 91.6 Å². The summed E-state index contributed by atoms with van der Waals surface area (Å²) in [6, 6.07) is 3.21. The highest BCUT2D eigenvalue weighted by Gasteiger charge is 2.13. The number of aliphatic hydroxyl groups is 1. The first-order valence-corrected chi connectivity index (χ1v) is 6.19. The highest BCUT2D eigenvalue weighted by Crippen LogP contribution is 2.00. The summed E-state index contributed by atoms with van der Waals surface area (Å²) in [5, 5.41) is 14.7. The van der Waals surface area contributed by atoms with Crippen molar-refractivity contribution in [2.75, 3.05) is 13.1 Å². The van der Waals surface area contributed by atoms with Crippen LogP contribution in [0.4, 0.5) is 0 Å². The molecule has 0 aromatic carbocycles. The second kappa shape index (κ2) is 6.94. The van der Waals surface area contributed by atoms with Crippen molar-refractivity contribution < 1.29 is 19.1 Å². The van der Waals surface area contributed by atoms with Gasteiger partial charge in [-0.2, -0.15) is 0 Å². The molecule has 0 unspecified atom stereocenters. The van der Waals surface area contributed by atoms with Crippen molar-refractivity contribution >= 4 is 11.8 Å². The Morgan fingerprint density at radius 3 is 2.68 bits per heavy atom. The van der Waals surface area contributed by atoms with Gasteiger partial charge in [-0.05, 0) is 32.4 Å². The van der Waals surface area contributed by atoms with Crippen molar-refractivity contribution in [1.29, 1.82) is 0 Å². The van der Waals surface area contributed by atoms with Gasteiger partial charge in [0.1, 0.15) is 0 Å². The van der Waals surface area contributed by atoms with Gasteiger partial charge in [0.2, 0.25) is 5.91 Å². The molecule has 2 amide bonds. The van der Waals surface area contributed by atoms with Gasteiger partial charge >= 0.3 is 0 Å². The number of hydrogen-bond acceptors (Lipinski definition) is 4. The molecule has 106 valence electrons. The van der Waals surface area contributed by atoms with Crippen LogP contribution in [0.25, 0.3) is 0 Å². The van der Waals surface area contributed by atoms with Crippen LogP contribution in [0.2, 0.25) is 0 Å². The molecule has 1 rings (SSSR count). The molecule has 0 aliphatic heterocycles. The van der Waals surface area contributed by atoms with Crippen molar-refractivity contribution in [1.82, 2.24) is 10.6 Å². The Labute approximate surface area is 112 Å². The monoisotopic (exact) mass is 268 g/mol. The predicted molar refractivity (Wildman–Crippen MR) is 69.6 cm³/mol. The maximum atomic E-state index is 11.5. The zero-order valence-electron chi connectivity index (χ0n) is 11.2. The minimum absolute atomic E-state index is 0.144. The first-order chi connectivity index (χ1) is 8.88. The van der Waals surface area contributed by atoms with Crippen molar-refractivity contribution in [2.24, 2.45) is 0 Å². The van der Waals surface area contributed by atoms with Crippen molar-refractivity contribution in [3.05, 3.63) is 24.2 Å². The molecule has 0 fully saturated rings. The van der Waals surface area contributed by atoms with E-state index in [1.165, 1.54) is 6.26 Å². The fraction of sp³-hybridized carbons (Fsp3) is 0.538. The molecule has 0 saturated carbocycles. The van der Waals surface area contributed by atoms with Gasteiger partial charge in [0.15, 0.2) is 5.76 Å². The highest BCUT2D eigenvalue weighted by atomic mass is 16.3. The number of carbonyl (C=O) groups excluding carboxylic acids is 2. The SMILES string of the molecule is CC(C)(O)CNC(=O)CCCNC(=O)c1ccco1. The van der Waals surface area contributed by atoms with E-state index in [2.05, 4.69) is 10.6 Å². The number of furan rings is 1. The van der Waals surface area contributed by atoms with Crippen LogP contribution in [-0.4, -0.2) is 35.6 Å². The van der Waals surface area contributed by atoms with E-state index in [4.69, 9.17) is 4.42 Å². The van der Waals surface area contributed by atoms with Crippen LogP contribution in [-0.2, 0) is 4.79 Å². The van der Waals surface area contributed by atoms with Gasteiger partial charge in [0.05, 0.1) is 11.9 Å². The van der Waals surface area contributed by atoms with Gasteiger partial charge in [-0.15, -0.1) is 0 Å². The normalized spacial score (nSPS) is 11.1. The Morgan fingerprint density at radius 1 is 1.37 bits per heavy atom. The zero-order valence-corrected chi connectivity index (χ0v) is 11.2. The van der Waals surface area contributed by atoms with E-state index in [0.29, 0.717) is 19.4 Å². The zero-order chi connectivity index (χ0) is 14.3. The van der Waals surface area contributed by atoms with Crippen LogP contribution in [0.3, 0.4) is 0 Å². The van der Waals surface area contributed by atoms with E-state index in [9.17, 15) is 14.7 Å². The fourth-order valence-electron chi connectivity index (χ4n) is 1.35. The average Bonchev–Trinajstić information content (AvgIpc) is 2.84. The molecule has 0 bridgehead atoms. The first kappa shape index (κ1) is 15.2. The Morgan fingerprint density at radius 2 is 2.11 bits per heavy atom. The second-order valence-electron chi connectivity index (χ2n) is 4.93. The molecule has 0 aliphatic rings. The minimum atomic E-state index is -0.914. The lowest BCUT2D eigenvalue weighted by atomic mass is 10.1. The summed E-state index contributed by atoms with van der Waals surface area (Å²) in [5.41, 5.74) is -0.914. The number of rotatable bonds is 7. The van der Waals surface area contributed by atoms with E-state index >= 15 is 0 Å². The van der Waals surface area contributed by atoms with E-state index < -0.39 is 5.60 Å². The summed E-state index contributed by atoms with van der Waals surface area (Å²) in [4.78, 5) is 22.9. The number of amides is 2. The predicted octanol–water partition coefficient (Wildman–Crippen LogP) is 0.677. The third kappa shape index (κ3) is 6.61. The standard InChI is InChI=1S/C13H20N2O4/c1-13(2,18)9-15-11(16)6-3-7-14-12(17)10-5-4-8-19-10/h4-5,8,18H,3,6-7,9H2,1-2H3,(H,14,17)(H,15,16). The lowest BCUT2D eigenvalue weighted by Crippen LogP contribution is -2.38. The van der Waals surface area contributed by atoms with Crippen LogP contribution in [0.15, 0.2) is 22.8 Å². The van der Waals surface area contributed by atoms with E-state index in [1.807, 2.05) is 0 Å². The largest absolute Gasteiger partial charge is 0.459 e. The maximum Gasteiger partial charge on any atom is 0.286 e. The Bertz CT molecular complexity index is 407. The molecule has 0 aliphatic carbocycles. The summed E-state index contributed by atoms with van der Waals surface area (Å²) in [7, 11) is 0. The van der Waals surface area contributed by atoms with E-state index in [0.717, 1.165) is 0 Å². The number of carbonyl (C=O) groups is 2. The van der Waals surface area contributed by atoms with E-state index in [1.54, 1.807) is 26.0 Å². The summed E-state index contributed by atoms with van der Waals surface area (Å²) < 4.78 is 4.93. The Balaban J connectivity index is 2.11. The summed E-state index contributed by atoms with van der Waals surface area (Å²) in [6.45, 7) is 3.85. The van der Waals surface area contributed by atoms with Crippen LogP contribution in [0, 0.1) is 0 Å². The minimum Gasteiger partial charge on any atom is -0.459 e. The first-order valence-electron chi connectivity index (χ1n) is 6.19. The van der Waals surface area contributed by atoms with E-state index in [-0.39, 0.29) is 24.1 Å². The lowest BCUT2D eigenvalue weighted by molar-refractivity contribution is -0.122. The highest BCUT2D eigenvalue weighted by molar-refractivity contribution is 5.91. The molecule has 6 heteroatoms.